The summed E-state index contributed by atoms with van der Waals surface area (Å²) in [5.74, 6) is 0.154. The highest BCUT2D eigenvalue weighted by Crippen LogP contribution is 2.38. The zero-order valence-corrected chi connectivity index (χ0v) is 8.64. The van der Waals surface area contributed by atoms with Gasteiger partial charge in [-0.1, -0.05) is 17.7 Å². The fourth-order valence-electron chi connectivity index (χ4n) is 2.05. The van der Waals surface area contributed by atoms with E-state index in [2.05, 4.69) is 0 Å². The number of hydrogen-bond acceptors (Lipinski definition) is 2. The molecule has 2 N–H and O–H groups in total. The number of aliphatic hydroxyl groups excluding tert-OH is 1. The summed E-state index contributed by atoms with van der Waals surface area (Å²) in [6.45, 7) is 0.0443. The lowest BCUT2D eigenvalue weighted by Crippen LogP contribution is -1.95. The van der Waals surface area contributed by atoms with Crippen LogP contribution in [0.15, 0.2) is 6.07 Å². The minimum absolute atomic E-state index is 0.0443. The van der Waals surface area contributed by atoms with Gasteiger partial charge in [0, 0.05) is 6.61 Å². The fraction of sp³-hybridized carbons (Fsp3) is 0.455. The first-order valence-corrected chi connectivity index (χ1v) is 5.24. The number of phenolic OH excluding ortho intramolecular Hbond substituents is 1. The first-order chi connectivity index (χ1) is 6.74. The lowest BCUT2D eigenvalue weighted by atomic mass is 10.0. The zero-order valence-electron chi connectivity index (χ0n) is 7.89. The normalized spacial score (nSPS) is 14.4. The van der Waals surface area contributed by atoms with Crippen molar-refractivity contribution >= 4 is 11.6 Å². The van der Waals surface area contributed by atoms with E-state index in [1.165, 1.54) is 5.56 Å². The molecule has 2 rings (SSSR count). The van der Waals surface area contributed by atoms with Crippen LogP contribution >= 0.6 is 11.6 Å². The number of aromatic hydroxyl groups is 1. The van der Waals surface area contributed by atoms with Crippen LogP contribution in [0.5, 0.6) is 5.75 Å². The van der Waals surface area contributed by atoms with Gasteiger partial charge < -0.3 is 10.2 Å². The topological polar surface area (TPSA) is 40.5 Å². The van der Waals surface area contributed by atoms with Crippen LogP contribution < -0.4 is 0 Å². The smallest absolute Gasteiger partial charge is 0.137 e. The summed E-state index contributed by atoms with van der Waals surface area (Å²) in [6.07, 6.45) is 3.57. The molecule has 0 saturated carbocycles. The van der Waals surface area contributed by atoms with E-state index >= 15 is 0 Å². The van der Waals surface area contributed by atoms with E-state index in [4.69, 9.17) is 16.7 Å². The molecule has 0 spiro atoms. The Morgan fingerprint density at radius 3 is 2.86 bits per heavy atom. The molecule has 0 aromatic heterocycles. The molecular weight excluding hydrogens is 200 g/mol. The number of rotatable bonds is 2. The molecular formula is C11H13ClO2. The molecule has 1 aliphatic rings. The molecule has 14 heavy (non-hydrogen) atoms. The molecule has 0 fully saturated rings. The van der Waals surface area contributed by atoms with Gasteiger partial charge in [-0.15, -0.1) is 0 Å². The molecule has 1 aromatic rings. The average molecular weight is 213 g/mol. The van der Waals surface area contributed by atoms with Crippen LogP contribution in [0.4, 0.5) is 0 Å². The van der Waals surface area contributed by atoms with Gasteiger partial charge in [0.25, 0.3) is 0 Å². The molecule has 0 radical (unpaired) electrons. The maximum atomic E-state index is 9.75. The molecule has 0 heterocycles. The molecule has 3 heteroatoms. The van der Waals surface area contributed by atoms with Gasteiger partial charge in [-0.3, -0.25) is 0 Å². The van der Waals surface area contributed by atoms with Crippen LogP contribution in [0.2, 0.25) is 5.02 Å². The first-order valence-electron chi connectivity index (χ1n) is 4.87. The van der Waals surface area contributed by atoms with Crippen LogP contribution in [0.1, 0.15) is 23.1 Å². The summed E-state index contributed by atoms with van der Waals surface area (Å²) in [6, 6.07) is 1.97. The summed E-state index contributed by atoms with van der Waals surface area (Å²) < 4.78 is 0. The van der Waals surface area contributed by atoms with Gasteiger partial charge in [0.15, 0.2) is 0 Å². The largest absolute Gasteiger partial charge is 0.506 e. The summed E-state index contributed by atoms with van der Waals surface area (Å²) in [5, 5.41) is 19.1. The second-order valence-corrected chi connectivity index (χ2v) is 4.04. The molecule has 1 aromatic carbocycles. The molecule has 0 unspecified atom stereocenters. The predicted octanol–water partition coefficient (Wildman–Crippen LogP) is 2.07. The third-order valence-electron chi connectivity index (χ3n) is 2.77. The van der Waals surface area contributed by atoms with Gasteiger partial charge in [0.05, 0.1) is 5.02 Å². The van der Waals surface area contributed by atoms with Gasteiger partial charge in [0.1, 0.15) is 5.75 Å². The molecule has 2 nitrogen and oxygen atoms in total. The summed E-state index contributed by atoms with van der Waals surface area (Å²) in [7, 11) is 0. The van der Waals surface area contributed by atoms with Gasteiger partial charge in [0.2, 0.25) is 0 Å². The van der Waals surface area contributed by atoms with E-state index in [9.17, 15) is 5.11 Å². The summed E-state index contributed by atoms with van der Waals surface area (Å²) in [4.78, 5) is 0. The van der Waals surface area contributed by atoms with Crippen molar-refractivity contribution in [2.45, 2.75) is 25.7 Å². The number of aryl methyl sites for hydroxylation is 1. The van der Waals surface area contributed by atoms with E-state index in [-0.39, 0.29) is 12.4 Å². The monoisotopic (exact) mass is 212 g/mol. The second-order valence-electron chi connectivity index (χ2n) is 3.66. The van der Waals surface area contributed by atoms with Crippen molar-refractivity contribution < 1.29 is 10.2 Å². The first kappa shape index (κ1) is 9.81. The Labute approximate surface area is 88.1 Å². The molecule has 76 valence electrons. The second kappa shape index (κ2) is 3.79. The molecule has 0 bridgehead atoms. The van der Waals surface area contributed by atoms with Crippen molar-refractivity contribution in [2.24, 2.45) is 0 Å². The number of phenols is 1. The summed E-state index contributed by atoms with van der Waals surface area (Å²) >= 11 is 6.05. The number of halogens is 1. The van der Waals surface area contributed by atoms with E-state index in [0.29, 0.717) is 11.4 Å². The molecule has 1 aliphatic carbocycles. The number of aliphatic hydroxyl groups is 1. The van der Waals surface area contributed by atoms with E-state index in [0.717, 1.165) is 30.4 Å². The Morgan fingerprint density at radius 2 is 2.14 bits per heavy atom. The van der Waals surface area contributed by atoms with Crippen molar-refractivity contribution in [3.63, 3.8) is 0 Å². The minimum atomic E-state index is 0.0443. The number of fused-ring (bicyclic) bond motifs is 1. The van der Waals surface area contributed by atoms with Gasteiger partial charge in [-0.2, -0.15) is 0 Å². The third kappa shape index (κ3) is 1.49. The van der Waals surface area contributed by atoms with E-state index in [1.54, 1.807) is 0 Å². The van der Waals surface area contributed by atoms with Crippen LogP contribution in [-0.2, 0) is 19.3 Å². The van der Waals surface area contributed by atoms with Crippen molar-refractivity contribution in [3.8, 4) is 5.75 Å². The highest BCUT2D eigenvalue weighted by atomic mass is 35.5. The Balaban J connectivity index is 2.49. The van der Waals surface area contributed by atoms with Crippen LogP contribution in [-0.4, -0.2) is 16.8 Å². The van der Waals surface area contributed by atoms with Crippen LogP contribution in [0.3, 0.4) is 0 Å². The maximum absolute atomic E-state index is 9.75. The predicted molar refractivity (Wildman–Crippen MR) is 55.9 cm³/mol. The molecule has 0 atom stereocenters. The highest BCUT2D eigenvalue weighted by molar-refractivity contribution is 6.33. The Morgan fingerprint density at radius 1 is 1.36 bits per heavy atom. The van der Waals surface area contributed by atoms with Gasteiger partial charge in [-0.05, 0) is 42.4 Å². The Hall–Kier alpha value is -0.730. The lowest BCUT2D eigenvalue weighted by Gasteiger charge is -2.09. The van der Waals surface area contributed by atoms with Crippen LogP contribution in [0.25, 0.3) is 0 Å². The van der Waals surface area contributed by atoms with Crippen LogP contribution in [0, 0.1) is 0 Å². The fourth-order valence-corrected chi connectivity index (χ4v) is 2.39. The molecule has 0 saturated heterocycles. The molecule has 0 amide bonds. The van der Waals surface area contributed by atoms with E-state index in [1.807, 2.05) is 6.07 Å². The van der Waals surface area contributed by atoms with Gasteiger partial charge in [-0.25, -0.2) is 0 Å². The third-order valence-corrected chi connectivity index (χ3v) is 3.17. The Bertz CT molecular complexity index is 361. The summed E-state index contributed by atoms with van der Waals surface area (Å²) in [5.41, 5.74) is 3.08. The average Bonchev–Trinajstić information content (AvgIpc) is 2.62. The standard InChI is InChI=1S/C11H13ClO2/c12-10-9-3-1-2-7(9)6-8(4-5-13)11(10)14/h6,13-14H,1-5H2. The lowest BCUT2D eigenvalue weighted by molar-refractivity contribution is 0.297. The van der Waals surface area contributed by atoms with Crippen molar-refractivity contribution in [1.82, 2.24) is 0 Å². The van der Waals surface area contributed by atoms with Gasteiger partial charge >= 0.3 is 0 Å². The maximum Gasteiger partial charge on any atom is 0.137 e. The van der Waals surface area contributed by atoms with Crippen molar-refractivity contribution in [2.75, 3.05) is 6.61 Å². The SMILES string of the molecule is OCCc1cc2c(c(Cl)c1O)CCC2. The molecule has 0 aliphatic heterocycles. The highest BCUT2D eigenvalue weighted by Gasteiger charge is 2.19. The van der Waals surface area contributed by atoms with Crippen molar-refractivity contribution in [3.05, 3.63) is 27.8 Å². The van der Waals surface area contributed by atoms with Crippen molar-refractivity contribution in [1.29, 1.82) is 0 Å². The minimum Gasteiger partial charge on any atom is -0.506 e. The quantitative estimate of drug-likeness (QED) is 0.788. The number of benzene rings is 1. The number of hydrogen-bond donors (Lipinski definition) is 2. The zero-order chi connectivity index (χ0) is 10.1. The Kier molecular flexibility index (Phi) is 2.66. The van der Waals surface area contributed by atoms with E-state index < -0.39 is 0 Å².